The second kappa shape index (κ2) is 7.10. The molecule has 0 saturated heterocycles. The number of benzene rings is 1. The van der Waals surface area contributed by atoms with Crippen LogP contribution in [-0.4, -0.2) is 16.4 Å². The molecule has 1 atom stereocenters. The van der Waals surface area contributed by atoms with Gasteiger partial charge < -0.3 is 14.9 Å². The molecule has 0 saturated carbocycles. The summed E-state index contributed by atoms with van der Waals surface area (Å²) in [5.74, 6) is -1.54. The van der Waals surface area contributed by atoms with Gasteiger partial charge in [0.15, 0.2) is 13.0 Å². The molecule has 1 amide bonds. The molecule has 2 rings (SSSR count). The first-order chi connectivity index (χ1) is 10.4. The number of carbonyl (C=O) groups is 1. The summed E-state index contributed by atoms with van der Waals surface area (Å²) in [6, 6.07) is 4.36. The maximum Gasteiger partial charge on any atom is 0.291 e. The second-order valence-electron chi connectivity index (χ2n) is 4.42. The highest BCUT2D eigenvalue weighted by atomic mass is 79.9. The van der Waals surface area contributed by atoms with E-state index >= 15 is 0 Å². The number of anilines is 1. The van der Waals surface area contributed by atoms with E-state index in [9.17, 15) is 14.3 Å². The lowest BCUT2D eigenvalue weighted by molar-refractivity contribution is -0.772. The zero-order valence-corrected chi connectivity index (χ0v) is 14.2. The van der Waals surface area contributed by atoms with E-state index in [1.807, 2.05) is 0 Å². The molecule has 0 aliphatic carbocycles. The molecule has 6 nitrogen and oxygen atoms in total. The number of rotatable bonds is 5. The standard InChI is InChI=1S/C13H13BrFN3O3S/c1-3-10(22-12-13(20)21-17-18(12)2)11(19)16-9-5-4-7(14)6-8(9)15/h4-6,10H,3H2,1-2H3,(H-,16,17,19,20). The summed E-state index contributed by atoms with van der Waals surface area (Å²) in [6.07, 6.45) is 0.458. The molecule has 1 heterocycles. The fourth-order valence-corrected chi connectivity index (χ4v) is 2.95. The molecule has 1 aromatic carbocycles. The molecule has 0 bridgehead atoms. The SMILES string of the molecule is CCC(Sc1c([O-])on[n+]1C)C(=O)Nc1ccc(Br)cc1F. The molecular formula is C13H13BrFN3O3S. The number of nitrogens with one attached hydrogen (secondary N) is 1. The van der Waals surface area contributed by atoms with Crippen molar-refractivity contribution in [1.82, 2.24) is 5.27 Å². The molecule has 0 aliphatic rings. The van der Waals surface area contributed by atoms with Gasteiger partial charge in [0.25, 0.3) is 5.03 Å². The van der Waals surface area contributed by atoms with Crippen molar-refractivity contribution in [2.24, 2.45) is 7.05 Å². The van der Waals surface area contributed by atoms with E-state index in [2.05, 4.69) is 31.0 Å². The maximum atomic E-state index is 13.8. The Bertz CT molecular complexity index is 676. The Kier molecular flexibility index (Phi) is 5.41. The molecule has 0 radical (unpaired) electrons. The van der Waals surface area contributed by atoms with Gasteiger partial charge in [-0.1, -0.05) is 27.5 Å². The molecule has 0 spiro atoms. The van der Waals surface area contributed by atoms with Crippen LogP contribution in [0.5, 0.6) is 5.95 Å². The van der Waals surface area contributed by atoms with Crippen LogP contribution in [0.25, 0.3) is 0 Å². The summed E-state index contributed by atoms with van der Waals surface area (Å²) in [7, 11) is 1.55. The van der Waals surface area contributed by atoms with Crippen LogP contribution >= 0.6 is 27.7 Å². The number of carbonyl (C=O) groups excluding carboxylic acids is 1. The van der Waals surface area contributed by atoms with Crippen LogP contribution in [0.1, 0.15) is 13.3 Å². The molecule has 1 aromatic heterocycles. The highest BCUT2D eigenvalue weighted by Gasteiger charge is 2.25. The molecule has 9 heteroatoms. The van der Waals surface area contributed by atoms with E-state index in [1.165, 1.54) is 16.8 Å². The van der Waals surface area contributed by atoms with Gasteiger partial charge in [0.1, 0.15) is 5.82 Å². The lowest BCUT2D eigenvalue weighted by Gasteiger charge is -2.13. The van der Waals surface area contributed by atoms with Crippen molar-refractivity contribution >= 4 is 39.3 Å². The Morgan fingerprint density at radius 2 is 2.36 bits per heavy atom. The number of hydrogen-bond acceptors (Lipinski definition) is 5. The van der Waals surface area contributed by atoms with Gasteiger partial charge in [0.05, 0.1) is 16.2 Å². The normalized spacial score (nSPS) is 12.2. The number of halogens is 2. The smallest absolute Gasteiger partial charge is 0.291 e. The first-order valence-electron chi connectivity index (χ1n) is 6.38. The summed E-state index contributed by atoms with van der Waals surface area (Å²) in [4.78, 5) is 12.3. The topological polar surface area (TPSA) is 82.1 Å². The molecular weight excluding hydrogens is 377 g/mol. The number of nitrogens with zero attached hydrogens (tertiary/aromatic N) is 2. The van der Waals surface area contributed by atoms with E-state index in [-0.39, 0.29) is 10.7 Å². The number of aromatic nitrogens is 2. The van der Waals surface area contributed by atoms with E-state index in [4.69, 9.17) is 0 Å². The Hall–Kier alpha value is -1.61. The summed E-state index contributed by atoms with van der Waals surface area (Å²) in [6.45, 7) is 1.80. The van der Waals surface area contributed by atoms with Crippen molar-refractivity contribution in [3.05, 3.63) is 28.5 Å². The minimum Gasteiger partial charge on any atom is -0.538 e. The largest absolute Gasteiger partial charge is 0.538 e. The second-order valence-corrected chi connectivity index (χ2v) is 6.52. The van der Waals surface area contributed by atoms with E-state index in [0.717, 1.165) is 11.8 Å². The van der Waals surface area contributed by atoms with Crippen LogP contribution in [0.4, 0.5) is 10.1 Å². The average Bonchev–Trinajstić information content (AvgIpc) is 2.78. The Labute approximate surface area is 138 Å². The zero-order chi connectivity index (χ0) is 16.3. The van der Waals surface area contributed by atoms with Crippen molar-refractivity contribution in [2.75, 3.05) is 5.32 Å². The number of hydrogen-bond donors (Lipinski definition) is 1. The van der Waals surface area contributed by atoms with E-state index in [1.54, 1.807) is 20.0 Å². The van der Waals surface area contributed by atoms with Crippen molar-refractivity contribution in [3.8, 4) is 5.95 Å². The number of thioether (sulfide) groups is 1. The molecule has 22 heavy (non-hydrogen) atoms. The lowest BCUT2D eigenvalue weighted by atomic mass is 10.2. The molecule has 0 fully saturated rings. The third kappa shape index (κ3) is 3.77. The Morgan fingerprint density at radius 3 is 2.91 bits per heavy atom. The van der Waals surface area contributed by atoms with Crippen LogP contribution in [0.3, 0.4) is 0 Å². The third-order valence-electron chi connectivity index (χ3n) is 2.82. The number of amides is 1. The van der Waals surface area contributed by atoms with Crippen molar-refractivity contribution < 1.29 is 23.5 Å². The van der Waals surface area contributed by atoms with Gasteiger partial charge in [0, 0.05) is 4.47 Å². The molecule has 1 N–H and O–H groups in total. The van der Waals surface area contributed by atoms with Gasteiger partial charge >= 0.3 is 0 Å². The quantitative estimate of drug-likeness (QED) is 0.624. The van der Waals surface area contributed by atoms with Gasteiger partial charge in [-0.05, 0) is 36.4 Å². The average molecular weight is 390 g/mol. The van der Waals surface area contributed by atoms with Crippen molar-refractivity contribution in [2.45, 2.75) is 23.6 Å². The fraction of sp³-hybridized carbons (Fsp3) is 0.308. The van der Waals surface area contributed by atoms with Gasteiger partial charge in [-0.3, -0.25) is 4.79 Å². The monoisotopic (exact) mass is 389 g/mol. The van der Waals surface area contributed by atoms with Crippen LogP contribution in [0.2, 0.25) is 0 Å². The minimum absolute atomic E-state index is 0.0873. The van der Waals surface area contributed by atoms with Crippen molar-refractivity contribution in [1.29, 1.82) is 0 Å². The Morgan fingerprint density at radius 1 is 1.64 bits per heavy atom. The third-order valence-corrected chi connectivity index (χ3v) is 4.80. The van der Waals surface area contributed by atoms with Gasteiger partial charge in [-0.2, -0.15) is 0 Å². The van der Waals surface area contributed by atoms with Crippen molar-refractivity contribution in [3.63, 3.8) is 0 Å². The van der Waals surface area contributed by atoms with Crippen LogP contribution in [0, 0.1) is 5.82 Å². The zero-order valence-electron chi connectivity index (χ0n) is 11.8. The highest BCUT2D eigenvalue weighted by Crippen LogP contribution is 2.29. The first kappa shape index (κ1) is 16.8. The van der Waals surface area contributed by atoms with Gasteiger partial charge in [-0.25, -0.2) is 4.39 Å². The lowest BCUT2D eigenvalue weighted by Crippen LogP contribution is -2.34. The van der Waals surface area contributed by atoms with Gasteiger partial charge in [-0.15, -0.1) is 0 Å². The fourth-order valence-electron chi connectivity index (χ4n) is 1.69. The minimum atomic E-state index is -0.603. The van der Waals surface area contributed by atoms with Crippen LogP contribution in [0.15, 0.2) is 32.2 Å². The van der Waals surface area contributed by atoms with Crippen LogP contribution in [-0.2, 0) is 11.8 Å². The predicted molar refractivity (Wildman–Crippen MR) is 79.8 cm³/mol. The summed E-state index contributed by atoms with van der Waals surface area (Å²) >= 11 is 4.18. The van der Waals surface area contributed by atoms with E-state index in [0.29, 0.717) is 10.9 Å². The molecule has 118 valence electrons. The molecule has 1 unspecified atom stereocenters. The highest BCUT2D eigenvalue weighted by molar-refractivity contribution is 9.10. The summed E-state index contributed by atoms with van der Waals surface area (Å²) < 4.78 is 20.1. The number of aryl methyl sites for hydroxylation is 1. The maximum absolute atomic E-state index is 13.8. The summed E-state index contributed by atoms with van der Waals surface area (Å²) in [5.41, 5.74) is 0.0873. The Balaban J connectivity index is 2.12. The predicted octanol–water partition coefficient (Wildman–Crippen LogP) is 1.98. The van der Waals surface area contributed by atoms with Gasteiger partial charge in [0.2, 0.25) is 5.91 Å². The van der Waals surface area contributed by atoms with Crippen LogP contribution < -0.4 is 15.1 Å². The molecule has 2 aromatic rings. The first-order valence-corrected chi connectivity index (χ1v) is 8.05. The van der Waals surface area contributed by atoms with E-state index < -0.39 is 22.9 Å². The molecule has 0 aliphatic heterocycles. The summed E-state index contributed by atoms with van der Waals surface area (Å²) in [5, 5.41) is 17.2.